The van der Waals surface area contributed by atoms with Crippen molar-refractivity contribution in [3.05, 3.63) is 64.9 Å². The summed E-state index contributed by atoms with van der Waals surface area (Å²) < 4.78 is 0. The average Bonchev–Trinajstić information content (AvgIpc) is 3.20. The highest BCUT2D eigenvalue weighted by Gasteiger charge is 2.24. The lowest BCUT2D eigenvalue weighted by molar-refractivity contribution is -0.132. The van der Waals surface area contributed by atoms with Gasteiger partial charge >= 0.3 is 0 Å². The number of amides is 2. The maximum absolute atomic E-state index is 12.8. The third-order valence-electron chi connectivity index (χ3n) is 5.13. The molecule has 2 amide bonds. The Labute approximate surface area is 168 Å². The third-order valence-corrected chi connectivity index (χ3v) is 5.38. The number of imidazole rings is 1. The number of aryl methyl sites for hydroxylation is 1. The quantitative estimate of drug-likeness (QED) is 0.736. The molecule has 2 aromatic carbocycles. The maximum Gasteiger partial charge on any atom is 0.254 e. The molecule has 2 heterocycles. The van der Waals surface area contributed by atoms with Gasteiger partial charge in [-0.2, -0.15) is 0 Å². The number of rotatable bonds is 4. The van der Waals surface area contributed by atoms with E-state index in [2.05, 4.69) is 9.97 Å². The summed E-state index contributed by atoms with van der Waals surface area (Å²) in [4.78, 5) is 36.1. The molecule has 3 aromatic rings. The number of halogens is 1. The summed E-state index contributed by atoms with van der Waals surface area (Å²) in [6, 6.07) is 13.0. The monoisotopic (exact) mass is 396 g/mol. The summed E-state index contributed by atoms with van der Waals surface area (Å²) >= 11 is 5.89. The Morgan fingerprint density at radius 2 is 1.71 bits per heavy atom. The van der Waals surface area contributed by atoms with Crippen LogP contribution >= 0.6 is 11.6 Å². The van der Waals surface area contributed by atoms with Gasteiger partial charge in [-0.25, -0.2) is 4.98 Å². The van der Waals surface area contributed by atoms with Gasteiger partial charge in [0.1, 0.15) is 0 Å². The Morgan fingerprint density at radius 3 is 2.46 bits per heavy atom. The molecule has 1 N–H and O–H groups in total. The zero-order valence-electron chi connectivity index (χ0n) is 15.4. The molecule has 1 aliphatic heterocycles. The molecular formula is C21H21ClN4O2. The van der Waals surface area contributed by atoms with E-state index in [0.29, 0.717) is 49.6 Å². The van der Waals surface area contributed by atoms with Crippen molar-refractivity contribution in [1.82, 2.24) is 19.8 Å². The van der Waals surface area contributed by atoms with E-state index in [0.717, 1.165) is 16.6 Å². The minimum absolute atomic E-state index is 0.00948. The number of benzene rings is 2. The molecule has 28 heavy (non-hydrogen) atoms. The van der Waals surface area contributed by atoms with E-state index < -0.39 is 0 Å². The zero-order valence-corrected chi connectivity index (χ0v) is 16.2. The Balaban J connectivity index is 1.30. The van der Waals surface area contributed by atoms with Crippen LogP contribution in [0.4, 0.5) is 0 Å². The van der Waals surface area contributed by atoms with Crippen LogP contribution in [0.1, 0.15) is 22.3 Å². The number of H-pyrrole nitrogens is 1. The number of fused-ring (bicyclic) bond motifs is 1. The van der Waals surface area contributed by atoms with Gasteiger partial charge < -0.3 is 14.8 Å². The van der Waals surface area contributed by atoms with Crippen LogP contribution in [0.15, 0.2) is 48.8 Å². The van der Waals surface area contributed by atoms with E-state index in [-0.39, 0.29) is 11.8 Å². The topological polar surface area (TPSA) is 69.3 Å². The minimum Gasteiger partial charge on any atom is -0.345 e. The van der Waals surface area contributed by atoms with Gasteiger partial charge in [0.25, 0.3) is 5.91 Å². The fraction of sp³-hybridized carbons (Fsp3) is 0.286. The molecule has 0 aliphatic carbocycles. The highest BCUT2D eigenvalue weighted by molar-refractivity contribution is 6.30. The summed E-state index contributed by atoms with van der Waals surface area (Å²) in [6.07, 6.45) is 2.78. The number of nitrogens with one attached hydrogen (secondary N) is 1. The van der Waals surface area contributed by atoms with E-state index in [9.17, 15) is 9.59 Å². The van der Waals surface area contributed by atoms with Crippen molar-refractivity contribution in [2.24, 2.45) is 0 Å². The van der Waals surface area contributed by atoms with Gasteiger partial charge in [-0.05, 0) is 42.3 Å². The normalized spacial score (nSPS) is 14.5. The Hall–Kier alpha value is -2.86. The second-order valence-corrected chi connectivity index (χ2v) is 7.37. The first-order chi connectivity index (χ1) is 13.6. The van der Waals surface area contributed by atoms with Crippen LogP contribution in [0.5, 0.6) is 0 Å². The van der Waals surface area contributed by atoms with Crippen molar-refractivity contribution in [1.29, 1.82) is 0 Å². The second-order valence-electron chi connectivity index (χ2n) is 6.93. The van der Waals surface area contributed by atoms with Gasteiger partial charge in [-0.15, -0.1) is 0 Å². The number of aromatic nitrogens is 2. The van der Waals surface area contributed by atoms with Gasteiger partial charge in [-0.1, -0.05) is 23.7 Å². The van der Waals surface area contributed by atoms with E-state index in [1.807, 2.05) is 41.3 Å². The highest BCUT2D eigenvalue weighted by atomic mass is 35.5. The van der Waals surface area contributed by atoms with Gasteiger partial charge in [0.15, 0.2) is 0 Å². The molecule has 0 saturated carbocycles. The van der Waals surface area contributed by atoms with Crippen molar-refractivity contribution < 1.29 is 9.59 Å². The van der Waals surface area contributed by atoms with Crippen molar-refractivity contribution in [2.75, 3.05) is 26.2 Å². The summed E-state index contributed by atoms with van der Waals surface area (Å²) in [5.41, 5.74) is 3.43. The largest absolute Gasteiger partial charge is 0.345 e. The molecule has 0 unspecified atom stereocenters. The lowest BCUT2D eigenvalue weighted by atomic mass is 10.1. The summed E-state index contributed by atoms with van der Waals surface area (Å²) in [7, 11) is 0. The van der Waals surface area contributed by atoms with Crippen LogP contribution in [-0.2, 0) is 11.2 Å². The predicted octanol–water partition coefficient (Wildman–Crippen LogP) is 3.13. The predicted molar refractivity (Wildman–Crippen MR) is 108 cm³/mol. The fourth-order valence-corrected chi connectivity index (χ4v) is 3.60. The van der Waals surface area contributed by atoms with E-state index >= 15 is 0 Å². The van der Waals surface area contributed by atoms with Crippen LogP contribution in [0.3, 0.4) is 0 Å². The van der Waals surface area contributed by atoms with Crippen LogP contribution in [0.2, 0.25) is 5.02 Å². The Bertz CT molecular complexity index is 991. The number of hydrogen-bond acceptors (Lipinski definition) is 3. The van der Waals surface area contributed by atoms with Crippen LogP contribution < -0.4 is 0 Å². The molecule has 7 heteroatoms. The first-order valence-corrected chi connectivity index (χ1v) is 9.72. The zero-order chi connectivity index (χ0) is 19.5. The van der Waals surface area contributed by atoms with Crippen LogP contribution in [0.25, 0.3) is 11.0 Å². The van der Waals surface area contributed by atoms with Gasteiger partial charge in [0.2, 0.25) is 5.91 Å². The standard InChI is InChI=1S/C21H21ClN4O2/c22-17-5-1-15(2-6-17)3-8-20(27)25-9-11-26(12-10-25)21(28)16-4-7-18-19(13-16)24-14-23-18/h1-2,4-7,13-14H,3,8-12H2,(H,23,24). The number of aromatic amines is 1. The first kappa shape index (κ1) is 18.5. The SMILES string of the molecule is O=C(CCc1ccc(Cl)cc1)N1CCN(C(=O)c2ccc3nc[nH]c3c2)CC1. The molecule has 0 spiro atoms. The molecule has 0 radical (unpaired) electrons. The molecule has 144 valence electrons. The molecule has 6 nitrogen and oxygen atoms in total. The lowest BCUT2D eigenvalue weighted by Gasteiger charge is -2.35. The second kappa shape index (κ2) is 8.02. The van der Waals surface area contributed by atoms with Gasteiger partial charge in [-0.3, -0.25) is 9.59 Å². The number of hydrogen-bond donors (Lipinski definition) is 1. The van der Waals surface area contributed by atoms with Gasteiger partial charge in [0, 0.05) is 43.2 Å². The van der Waals surface area contributed by atoms with E-state index in [4.69, 9.17) is 11.6 Å². The third kappa shape index (κ3) is 4.02. The number of carbonyl (C=O) groups is 2. The number of piperazine rings is 1. The lowest BCUT2D eigenvalue weighted by Crippen LogP contribution is -2.50. The molecule has 4 rings (SSSR count). The average molecular weight is 397 g/mol. The Kier molecular flexibility index (Phi) is 5.30. The highest BCUT2D eigenvalue weighted by Crippen LogP contribution is 2.16. The van der Waals surface area contributed by atoms with Crippen LogP contribution in [0, 0.1) is 0 Å². The summed E-state index contributed by atoms with van der Waals surface area (Å²) in [5, 5.41) is 0.697. The first-order valence-electron chi connectivity index (χ1n) is 9.35. The number of nitrogens with zero attached hydrogens (tertiary/aromatic N) is 3. The minimum atomic E-state index is -0.00948. The van der Waals surface area contributed by atoms with Crippen molar-refractivity contribution in [3.63, 3.8) is 0 Å². The maximum atomic E-state index is 12.8. The fourth-order valence-electron chi connectivity index (χ4n) is 3.47. The summed E-state index contributed by atoms with van der Waals surface area (Å²) in [5.74, 6) is 0.116. The van der Waals surface area contributed by atoms with Crippen molar-refractivity contribution in [3.8, 4) is 0 Å². The number of carbonyl (C=O) groups excluding carboxylic acids is 2. The Morgan fingerprint density at radius 1 is 1.00 bits per heavy atom. The molecule has 1 aromatic heterocycles. The van der Waals surface area contributed by atoms with E-state index in [1.54, 1.807) is 17.3 Å². The molecular weight excluding hydrogens is 376 g/mol. The smallest absolute Gasteiger partial charge is 0.254 e. The van der Waals surface area contributed by atoms with Crippen molar-refractivity contribution in [2.45, 2.75) is 12.8 Å². The van der Waals surface area contributed by atoms with Gasteiger partial charge in [0.05, 0.1) is 17.4 Å². The van der Waals surface area contributed by atoms with E-state index in [1.165, 1.54) is 0 Å². The molecule has 1 saturated heterocycles. The molecule has 1 aliphatic rings. The summed E-state index contributed by atoms with van der Waals surface area (Å²) in [6.45, 7) is 2.23. The molecule has 0 atom stereocenters. The molecule has 0 bridgehead atoms. The van der Waals surface area contributed by atoms with Crippen molar-refractivity contribution >= 4 is 34.4 Å². The van der Waals surface area contributed by atoms with Crippen LogP contribution in [-0.4, -0.2) is 57.8 Å². The molecule has 1 fully saturated rings.